The number of nitrogens with two attached hydrogens (primary N) is 1. The Hall–Kier alpha value is -1.97. The van der Waals surface area contributed by atoms with E-state index in [1.54, 1.807) is 12.2 Å². The summed E-state index contributed by atoms with van der Waals surface area (Å²) >= 11 is 0. The topological polar surface area (TPSA) is 64.3 Å². The standard InChI is InChI=1S/C17H24N2O2/c1-12(2)9-10-21-16-7-3-13(11-15(16)18)4-8-17(20)19-14-5-6-14/h3-4,7-8,11-12,14H,5-6,9-10,18H2,1-2H3,(H,19,20)/b8-4-. The van der Waals surface area contributed by atoms with Crippen LogP contribution in [-0.2, 0) is 4.79 Å². The SMILES string of the molecule is CC(C)CCOc1ccc(/C=C\C(=O)NC2CC2)cc1N. The molecule has 114 valence electrons. The van der Waals surface area contributed by atoms with E-state index in [0.717, 1.165) is 24.8 Å². The molecular weight excluding hydrogens is 264 g/mol. The van der Waals surface area contributed by atoms with Crippen molar-refractivity contribution in [2.24, 2.45) is 5.92 Å². The normalized spacial score (nSPS) is 14.6. The summed E-state index contributed by atoms with van der Waals surface area (Å²) in [7, 11) is 0. The summed E-state index contributed by atoms with van der Waals surface area (Å²) in [4.78, 5) is 11.6. The lowest BCUT2D eigenvalue weighted by atomic mass is 10.1. The number of carbonyl (C=O) groups excluding carboxylic acids is 1. The van der Waals surface area contributed by atoms with Crippen molar-refractivity contribution in [2.45, 2.75) is 39.2 Å². The first-order valence-electron chi connectivity index (χ1n) is 7.55. The van der Waals surface area contributed by atoms with E-state index in [1.807, 2.05) is 18.2 Å². The van der Waals surface area contributed by atoms with Crippen LogP contribution in [0.1, 0.15) is 38.7 Å². The minimum Gasteiger partial charge on any atom is -0.491 e. The molecule has 4 nitrogen and oxygen atoms in total. The Balaban J connectivity index is 1.88. The third kappa shape index (κ3) is 5.50. The van der Waals surface area contributed by atoms with Gasteiger partial charge in [-0.05, 0) is 49.0 Å². The molecule has 3 N–H and O–H groups in total. The van der Waals surface area contributed by atoms with Crippen LogP contribution in [0.5, 0.6) is 5.75 Å². The summed E-state index contributed by atoms with van der Waals surface area (Å²) in [6, 6.07) is 5.96. The highest BCUT2D eigenvalue weighted by atomic mass is 16.5. The Labute approximate surface area is 126 Å². The molecule has 0 spiro atoms. The monoisotopic (exact) mass is 288 g/mol. The zero-order chi connectivity index (χ0) is 15.2. The molecule has 0 saturated heterocycles. The summed E-state index contributed by atoms with van der Waals surface area (Å²) in [6.45, 7) is 4.99. The van der Waals surface area contributed by atoms with E-state index in [4.69, 9.17) is 10.5 Å². The summed E-state index contributed by atoms with van der Waals surface area (Å²) in [6.07, 6.45) is 6.50. The molecule has 0 radical (unpaired) electrons. The lowest BCUT2D eigenvalue weighted by Gasteiger charge is -2.10. The third-order valence-electron chi connectivity index (χ3n) is 3.34. The van der Waals surface area contributed by atoms with E-state index < -0.39 is 0 Å². The van der Waals surface area contributed by atoms with Crippen molar-refractivity contribution in [2.75, 3.05) is 12.3 Å². The Kier molecular flexibility index (Phi) is 5.26. The van der Waals surface area contributed by atoms with Gasteiger partial charge in [-0.15, -0.1) is 0 Å². The molecule has 0 atom stereocenters. The number of ether oxygens (including phenoxy) is 1. The molecule has 1 fully saturated rings. The Morgan fingerprint density at radius 3 is 2.86 bits per heavy atom. The second kappa shape index (κ2) is 7.16. The van der Waals surface area contributed by atoms with E-state index in [-0.39, 0.29) is 5.91 Å². The van der Waals surface area contributed by atoms with Gasteiger partial charge in [0.25, 0.3) is 0 Å². The molecule has 4 heteroatoms. The molecule has 1 aliphatic rings. The highest BCUT2D eigenvalue weighted by Crippen LogP contribution is 2.24. The second-order valence-electron chi connectivity index (χ2n) is 5.94. The van der Waals surface area contributed by atoms with Gasteiger partial charge in [0.2, 0.25) is 5.91 Å². The molecule has 1 saturated carbocycles. The lowest BCUT2D eigenvalue weighted by Crippen LogP contribution is -2.22. The van der Waals surface area contributed by atoms with Crippen molar-refractivity contribution in [3.8, 4) is 5.75 Å². The molecular formula is C17H24N2O2. The van der Waals surface area contributed by atoms with Gasteiger partial charge in [0.1, 0.15) is 5.75 Å². The first-order chi connectivity index (χ1) is 10.0. The number of rotatable bonds is 7. The Morgan fingerprint density at radius 1 is 1.48 bits per heavy atom. The Bertz CT molecular complexity index is 520. The summed E-state index contributed by atoms with van der Waals surface area (Å²) in [5, 5.41) is 2.91. The fraction of sp³-hybridized carbons (Fsp3) is 0.471. The van der Waals surface area contributed by atoms with Crippen LogP contribution in [0.4, 0.5) is 5.69 Å². The van der Waals surface area contributed by atoms with E-state index in [2.05, 4.69) is 19.2 Å². The zero-order valence-electron chi connectivity index (χ0n) is 12.8. The maximum atomic E-state index is 11.6. The van der Waals surface area contributed by atoms with Gasteiger partial charge < -0.3 is 15.8 Å². The Morgan fingerprint density at radius 2 is 2.24 bits per heavy atom. The quantitative estimate of drug-likeness (QED) is 0.599. The minimum atomic E-state index is -0.0478. The number of amides is 1. The van der Waals surface area contributed by atoms with Gasteiger partial charge >= 0.3 is 0 Å². The number of nitrogen functional groups attached to an aromatic ring is 1. The van der Waals surface area contributed by atoms with Gasteiger partial charge in [0, 0.05) is 12.1 Å². The number of benzene rings is 1. The van der Waals surface area contributed by atoms with Crippen molar-refractivity contribution in [1.29, 1.82) is 0 Å². The van der Waals surface area contributed by atoms with Gasteiger partial charge in [-0.25, -0.2) is 0 Å². The van der Waals surface area contributed by atoms with Gasteiger partial charge in [0.15, 0.2) is 0 Å². The van der Waals surface area contributed by atoms with Crippen LogP contribution in [0.2, 0.25) is 0 Å². The molecule has 1 amide bonds. The van der Waals surface area contributed by atoms with Crippen LogP contribution in [-0.4, -0.2) is 18.6 Å². The van der Waals surface area contributed by atoms with Gasteiger partial charge in [-0.3, -0.25) is 4.79 Å². The van der Waals surface area contributed by atoms with E-state index in [0.29, 0.717) is 30.0 Å². The fourth-order valence-electron chi connectivity index (χ4n) is 1.86. The molecule has 1 aliphatic carbocycles. The van der Waals surface area contributed by atoms with Gasteiger partial charge in [0.05, 0.1) is 12.3 Å². The predicted octanol–water partition coefficient (Wildman–Crippen LogP) is 2.99. The van der Waals surface area contributed by atoms with Crippen LogP contribution in [0, 0.1) is 5.92 Å². The molecule has 1 aromatic rings. The van der Waals surface area contributed by atoms with Crippen molar-refractivity contribution in [3.05, 3.63) is 29.8 Å². The first-order valence-corrected chi connectivity index (χ1v) is 7.55. The molecule has 1 aromatic carbocycles. The molecule has 2 rings (SSSR count). The third-order valence-corrected chi connectivity index (χ3v) is 3.34. The number of hydrogen-bond donors (Lipinski definition) is 2. The number of carbonyl (C=O) groups is 1. The van der Waals surface area contributed by atoms with Crippen molar-refractivity contribution >= 4 is 17.7 Å². The van der Waals surface area contributed by atoms with Crippen molar-refractivity contribution in [3.63, 3.8) is 0 Å². The lowest BCUT2D eigenvalue weighted by molar-refractivity contribution is -0.116. The second-order valence-corrected chi connectivity index (χ2v) is 5.94. The zero-order valence-corrected chi connectivity index (χ0v) is 12.8. The maximum Gasteiger partial charge on any atom is 0.244 e. The molecule has 0 aromatic heterocycles. The highest BCUT2D eigenvalue weighted by Gasteiger charge is 2.21. The number of anilines is 1. The molecule has 0 aliphatic heterocycles. The van der Waals surface area contributed by atoms with E-state index >= 15 is 0 Å². The van der Waals surface area contributed by atoms with Crippen LogP contribution in [0.25, 0.3) is 6.08 Å². The van der Waals surface area contributed by atoms with E-state index in [1.165, 1.54) is 0 Å². The fourth-order valence-corrected chi connectivity index (χ4v) is 1.86. The average Bonchev–Trinajstić information content (AvgIpc) is 3.22. The van der Waals surface area contributed by atoms with Gasteiger partial charge in [-0.1, -0.05) is 19.9 Å². The van der Waals surface area contributed by atoms with E-state index in [9.17, 15) is 4.79 Å². The van der Waals surface area contributed by atoms with Crippen molar-refractivity contribution in [1.82, 2.24) is 5.32 Å². The number of hydrogen-bond acceptors (Lipinski definition) is 3. The smallest absolute Gasteiger partial charge is 0.244 e. The summed E-state index contributed by atoms with van der Waals surface area (Å²) in [5.41, 5.74) is 7.47. The highest BCUT2D eigenvalue weighted by molar-refractivity contribution is 5.92. The predicted molar refractivity (Wildman–Crippen MR) is 86.0 cm³/mol. The molecule has 0 unspecified atom stereocenters. The number of nitrogens with one attached hydrogen (secondary N) is 1. The maximum absolute atomic E-state index is 11.6. The molecule has 21 heavy (non-hydrogen) atoms. The van der Waals surface area contributed by atoms with Crippen LogP contribution < -0.4 is 15.8 Å². The van der Waals surface area contributed by atoms with Crippen LogP contribution in [0.3, 0.4) is 0 Å². The van der Waals surface area contributed by atoms with Crippen molar-refractivity contribution < 1.29 is 9.53 Å². The van der Waals surface area contributed by atoms with Crippen LogP contribution in [0.15, 0.2) is 24.3 Å². The largest absolute Gasteiger partial charge is 0.491 e. The molecule has 0 bridgehead atoms. The molecule has 0 heterocycles. The summed E-state index contributed by atoms with van der Waals surface area (Å²) < 4.78 is 5.66. The van der Waals surface area contributed by atoms with Gasteiger partial charge in [-0.2, -0.15) is 0 Å². The van der Waals surface area contributed by atoms with Crippen LogP contribution >= 0.6 is 0 Å². The summed E-state index contributed by atoms with van der Waals surface area (Å²) in [5.74, 6) is 1.27. The average molecular weight is 288 g/mol. The minimum absolute atomic E-state index is 0.0478. The first kappa shape index (κ1) is 15.4.